The van der Waals surface area contributed by atoms with Crippen LogP contribution in [0, 0.1) is 0 Å². The Morgan fingerprint density at radius 3 is 3.12 bits per heavy atom. The Hall–Kier alpha value is -1.75. The minimum atomic E-state index is 0.453. The third-order valence-corrected chi connectivity index (χ3v) is 3.14. The number of rotatable bonds is 2. The summed E-state index contributed by atoms with van der Waals surface area (Å²) in [6.07, 6.45) is 5.22. The topological polar surface area (TPSA) is 69.6 Å². The number of nitrogens with two attached hydrogens (primary N) is 1. The predicted octanol–water partition coefficient (Wildman–Crippen LogP) is 1.14. The molecule has 0 radical (unpaired) electrons. The minimum absolute atomic E-state index is 0.453. The van der Waals surface area contributed by atoms with Gasteiger partial charge < -0.3 is 10.3 Å². The summed E-state index contributed by atoms with van der Waals surface area (Å²) in [6.45, 7) is 1.47. The van der Waals surface area contributed by atoms with E-state index in [1.807, 2.05) is 12.1 Å². The lowest BCUT2D eigenvalue weighted by Crippen LogP contribution is -2.11. The van der Waals surface area contributed by atoms with Gasteiger partial charge in [-0.2, -0.15) is 0 Å². The minimum Gasteiger partial charge on any atom is -0.325 e. The molecule has 3 heterocycles. The Morgan fingerprint density at radius 1 is 1.29 bits per heavy atom. The van der Waals surface area contributed by atoms with Gasteiger partial charge in [0.15, 0.2) is 5.82 Å². The number of aryl methyl sites for hydroxylation is 1. The van der Waals surface area contributed by atoms with Crippen LogP contribution in [0.3, 0.4) is 0 Å². The fraction of sp³-hybridized carbons (Fsp3) is 0.417. The molecule has 0 unspecified atom stereocenters. The molecule has 5 heteroatoms. The molecule has 0 aliphatic carbocycles. The standard InChI is InChI=1S/C12H15N5/c13-8-10-7-9(4-5-14-10)12-16-15-11-3-1-2-6-17(11)12/h4-5,7H,1-3,6,8,13H2. The molecular formula is C12H15N5. The summed E-state index contributed by atoms with van der Waals surface area (Å²) in [7, 11) is 0. The lowest BCUT2D eigenvalue weighted by molar-refractivity contribution is 0.526. The first-order valence-corrected chi connectivity index (χ1v) is 5.96. The first kappa shape index (κ1) is 10.4. The van der Waals surface area contributed by atoms with Crippen molar-refractivity contribution in [2.75, 3.05) is 0 Å². The fourth-order valence-corrected chi connectivity index (χ4v) is 2.25. The number of aromatic nitrogens is 4. The van der Waals surface area contributed by atoms with E-state index in [1.54, 1.807) is 6.20 Å². The van der Waals surface area contributed by atoms with Gasteiger partial charge >= 0.3 is 0 Å². The van der Waals surface area contributed by atoms with Crippen molar-refractivity contribution in [3.05, 3.63) is 29.8 Å². The van der Waals surface area contributed by atoms with Crippen LogP contribution in [0.1, 0.15) is 24.4 Å². The van der Waals surface area contributed by atoms with Gasteiger partial charge in [-0.05, 0) is 25.0 Å². The first-order valence-electron chi connectivity index (χ1n) is 5.96. The summed E-state index contributed by atoms with van der Waals surface area (Å²) >= 11 is 0. The van der Waals surface area contributed by atoms with E-state index in [-0.39, 0.29) is 0 Å². The van der Waals surface area contributed by atoms with Crippen molar-refractivity contribution < 1.29 is 0 Å². The maximum atomic E-state index is 5.60. The molecule has 0 atom stereocenters. The Kier molecular flexibility index (Phi) is 2.60. The molecule has 3 rings (SSSR count). The average molecular weight is 229 g/mol. The van der Waals surface area contributed by atoms with E-state index < -0.39 is 0 Å². The number of hydrogen-bond donors (Lipinski definition) is 1. The van der Waals surface area contributed by atoms with E-state index in [4.69, 9.17) is 5.73 Å². The summed E-state index contributed by atoms with van der Waals surface area (Å²) in [6, 6.07) is 3.96. The summed E-state index contributed by atoms with van der Waals surface area (Å²) in [4.78, 5) is 4.20. The zero-order chi connectivity index (χ0) is 11.7. The largest absolute Gasteiger partial charge is 0.325 e. The lowest BCUT2D eigenvalue weighted by atomic mass is 10.1. The molecule has 2 N–H and O–H groups in total. The molecule has 2 aromatic rings. The van der Waals surface area contributed by atoms with Gasteiger partial charge in [0.1, 0.15) is 5.82 Å². The zero-order valence-electron chi connectivity index (χ0n) is 9.63. The molecule has 0 saturated carbocycles. The van der Waals surface area contributed by atoms with Crippen molar-refractivity contribution in [3.63, 3.8) is 0 Å². The Labute approximate surface area is 99.7 Å². The van der Waals surface area contributed by atoms with Crippen LogP contribution in [0.15, 0.2) is 18.3 Å². The summed E-state index contributed by atoms with van der Waals surface area (Å²) in [5.74, 6) is 2.04. The SMILES string of the molecule is NCc1cc(-c2nnc3n2CCCC3)ccn1. The Bertz CT molecular complexity index is 531. The third kappa shape index (κ3) is 1.82. The van der Waals surface area contributed by atoms with Gasteiger partial charge in [-0.3, -0.25) is 4.98 Å². The highest BCUT2D eigenvalue weighted by Crippen LogP contribution is 2.22. The van der Waals surface area contributed by atoms with Crippen LogP contribution >= 0.6 is 0 Å². The third-order valence-electron chi connectivity index (χ3n) is 3.14. The van der Waals surface area contributed by atoms with Gasteiger partial charge in [0.2, 0.25) is 0 Å². The van der Waals surface area contributed by atoms with Gasteiger partial charge in [-0.15, -0.1) is 10.2 Å². The van der Waals surface area contributed by atoms with Crippen molar-refractivity contribution in [2.45, 2.75) is 32.4 Å². The molecule has 0 spiro atoms. The molecule has 17 heavy (non-hydrogen) atoms. The average Bonchev–Trinajstić information content (AvgIpc) is 2.82. The molecule has 0 bridgehead atoms. The summed E-state index contributed by atoms with van der Waals surface area (Å²) in [5.41, 5.74) is 7.55. The van der Waals surface area contributed by atoms with Gasteiger partial charge in [0.25, 0.3) is 0 Å². The highest BCUT2D eigenvalue weighted by molar-refractivity contribution is 5.55. The first-order chi connectivity index (χ1) is 8.38. The van der Waals surface area contributed by atoms with Crippen molar-refractivity contribution in [1.82, 2.24) is 19.7 Å². The van der Waals surface area contributed by atoms with Crippen molar-refractivity contribution in [3.8, 4) is 11.4 Å². The van der Waals surface area contributed by atoms with Gasteiger partial charge in [-0.1, -0.05) is 0 Å². The second-order valence-corrected chi connectivity index (χ2v) is 4.29. The van der Waals surface area contributed by atoms with E-state index in [0.29, 0.717) is 6.54 Å². The van der Waals surface area contributed by atoms with E-state index in [9.17, 15) is 0 Å². The lowest BCUT2D eigenvalue weighted by Gasteiger charge is -2.14. The predicted molar refractivity (Wildman–Crippen MR) is 64.1 cm³/mol. The van der Waals surface area contributed by atoms with E-state index in [1.165, 1.54) is 12.8 Å². The molecule has 0 fully saturated rings. The van der Waals surface area contributed by atoms with E-state index in [2.05, 4.69) is 19.7 Å². The number of pyridine rings is 1. The van der Waals surface area contributed by atoms with Crippen LogP contribution in [0.2, 0.25) is 0 Å². The van der Waals surface area contributed by atoms with Crippen molar-refractivity contribution in [1.29, 1.82) is 0 Å². The van der Waals surface area contributed by atoms with E-state index >= 15 is 0 Å². The van der Waals surface area contributed by atoms with Crippen LogP contribution in [0.5, 0.6) is 0 Å². The quantitative estimate of drug-likeness (QED) is 0.838. The van der Waals surface area contributed by atoms with Crippen LogP contribution in [-0.2, 0) is 19.5 Å². The molecule has 5 nitrogen and oxygen atoms in total. The zero-order valence-corrected chi connectivity index (χ0v) is 9.63. The van der Waals surface area contributed by atoms with Crippen LogP contribution < -0.4 is 5.73 Å². The normalized spacial score (nSPS) is 14.6. The van der Waals surface area contributed by atoms with Crippen molar-refractivity contribution >= 4 is 0 Å². The number of fused-ring (bicyclic) bond motifs is 1. The highest BCUT2D eigenvalue weighted by Gasteiger charge is 2.16. The second-order valence-electron chi connectivity index (χ2n) is 4.29. The fourth-order valence-electron chi connectivity index (χ4n) is 2.25. The van der Waals surface area contributed by atoms with Crippen LogP contribution in [0.4, 0.5) is 0 Å². The molecular weight excluding hydrogens is 214 g/mol. The molecule has 0 saturated heterocycles. The van der Waals surface area contributed by atoms with Gasteiger partial charge in [-0.25, -0.2) is 0 Å². The monoisotopic (exact) mass is 229 g/mol. The molecule has 1 aliphatic rings. The smallest absolute Gasteiger partial charge is 0.164 e. The maximum Gasteiger partial charge on any atom is 0.164 e. The Balaban J connectivity index is 2.05. The maximum absolute atomic E-state index is 5.60. The molecule has 2 aromatic heterocycles. The number of hydrogen-bond acceptors (Lipinski definition) is 4. The van der Waals surface area contributed by atoms with Crippen LogP contribution in [-0.4, -0.2) is 19.7 Å². The Morgan fingerprint density at radius 2 is 2.24 bits per heavy atom. The summed E-state index contributed by atoms with van der Waals surface area (Å²) in [5, 5.41) is 8.54. The number of nitrogens with zero attached hydrogens (tertiary/aromatic N) is 4. The van der Waals surface area contributed by atoms with Crippen molar-refractivity contribution in [2.24, 2.45) is 5.73 Å². The molecule has 88 valence electrons. The second kappa shape index (κ2) is 4.25. The molecule has 0 aromatic carbocycles. The molecule has 1 aliphatic heterocycles. The van der Waals surface area contributed by atoms with Gasteiger partial charge in [0, 0.05) is 31.3 Å². The van der Waals surface area contributed by atoms with Gasteiger partial charge in [0.05, 0.1) is 5.69 Å². The highest BCUT2D eigenvalue weighted by atomic mass is 15.3. The van der Waals surface area contributed by atoms with Crippen LogP contribution in [0.25, 0.3) is 11.4 Å². The summed E-state index contributed by atoms with van der Waals surface area (Å²) < 4.78 is 2.21. The molecule has 0 amide bonds. The van der Waals surface area contributed by atoms with E-state index in [0.717, 1.165) is 35.9 Å².